The number of benzene rings is 1. The monoisotopic (exact) mass is 267 g/mol. The Bertz CT molecular complexity index is 364. The first kappa shape index (κ1) is 13.7. The lowest BCUT2D eigenvalue weighted by atomic mass is 10.2. The topological polar surface area (TPSA) is 18.5 Å². The number of para-hydroxylation sites is 1. The van der Waals surface area contributed by atoms with E-state index in [4.69, 9.17) is 11.6 Å². The van der Waals surface area contributed by atoms with E-state index in [1.165, 1.54) is 26.1 Å². The molecule has 0 saturated carbocycles. The Morgan fingerprint density at radius 2 is 2.00 bits per heavy atom. The van der Waals surface area contributed by atoms with Gasteiger partial charge in [0.15, 0.2) is 0 Å². The maximum Gasteiger partial charge on any atom is 0.0639 e. The molecule has 0 spiro atoms. The molecule has 2 rings (SSSR count). The molecule has 3 nitrogen and oxygen atoms in total. The molecule has 1 saturated heterocycles. The van der Waals surface area contributed by atoms with Crippen LogP contribution in [0, 0.1) is 0 Å². The van der Waals surface area contributed by atoms with Gasteiger partial charge in [0.2, 0.25) is 0 Å². The summed E-state index contributed by atoms with van der Waals surface area (Å²) in [6.07, 6.45) is 1.18. The standard InChI is InChI=1S/C14H22ClN3/c1-17(14-6-3-2-5-13(14)15)9-4-10-18-11-7-16-8-12-18/h2-3,5-6,16H,4,7-12H2,1H3. The van der Waals surface area contributed by atoms with Gasteiger partial charge in [0.25, 0.3) is 0 Å². The molecule has 1 aliphatic heterocycles. The van der Waals surface area contributed by atoms with E-state index in [2.05, 4.69) is 28.2 Å². The average Bonchev–Trinajstić information content (AvgIpc) is 2.40. The molecule has 100 valence electrons. The molecule has 1 N–H and O–H groups in total. The fraction of sp³-hybridized carbons (Fsp3) is 0.571. The van der Waals surface area contributed by atoms with Crippen molar-refractivity contribution in [3.63, 3.8) is 0 Å². The van der Waals surface area contributed by atoms with Crippen molar-refractivity contribution in [3.8, 4) is 0 Å². The minimum atomic E-state index is 0.835. The lowest BCUT2D eigenvalue weighted by Gasteiger charge is -2.28. The van der Waals surface area contributed by atoms with E-state index in [0.717, 1.165) is 30.3 Å². The number of hydrogen-bond acceptors (Lipinski definition) is 3. The molecule has 0 radical (unpaired) electrons. The number of piperazine rings is 1. The SMILES string of the molecule is CN(CCCN1CCNCC1)c1ccccc1Cl. The van der Waals surface area contributed by atoms with Crippen molar-refractivity contribution in [3.05, 3.63) is 29.3 Å². The van der Waals surface area contributed by atoms with Gasteiger partial charge in [-0.05, 0) is 25.1 Å². The Balaban J connectivity index is 1.74. The van der Waals surface area contributed by atoms with Gasteiger partial charge >= 0.3 is 0 Å². The third kappa shape index (κ3) is 3.87. The van der Waals surface area contributed by atoms with Crippen LogP contribution in [0.1, 0.15) is 6.42 Å². The van der Waals surface area contributed by atoms with Gasteiger partial charge in [-0.3, -0.25) is 0 Å². The van der Waals surface area contributed by atoms with Crippen LogP contribution in [0.5, 0.6) is 0 Å². The predicted molar refractivity (Wildman–Crippen MR) is 78.6 cm³/mol. The Morgan fingerprint density at radius 1 is 1.28 bits per heavy atom. The normalized spacial score (nSPS) is 16.8. The molecular formula is C14H22ClN3. The Hall–Kier alpha value is -0.770. The molecule has 0 bridgehead atoms. The molecular weight excluding hydrogens is 246 g/mol. The number of nitrogens with one attached hydrogen (secondary N) is 1. The van der Waals surface area contributed by atoms with Gasteiger partial charge < -0.3 is 15.1 Å². The van der Waals surface area contributed by atoms with Gasteiger partial charge in [0.1, 0.15) is 0 Å². The predicted octanol–water partition coefficient (Wildman–Crippen LogP) is 2.07. The Kier molecular flexibility index (Phi) is 5.29. The molecule has 18 heavy (non-hydrogen) atoms. The molecule has 1 aliphatic rings. The number of halogens is 1. The number of hydrogen-bond donors (Lipinski definition) is 1. The van der Waals surface area contributed by atoms with Crippen LogP contribution in [0.15, 0.2) is 24.3 Å². The summed E-state index contributed by atoms with van der Waals surface area (Å²) >= 11 is 6.19. The second kappa shape index (κ2) is 6.98. The summed E-state index contributed by atoms with van der Waals surface area (Å²) < 4.78 is 0. The summed E-state index contributed by atoms with van der Waals surface area (Å²) in [6.45, 7) is 6.83. The van der Waals surface area contributed by atoms with Crippen LogP contribution in [0.2, 0.25) is 5.02 Å². The summed E-state index contributed by atoms with van der Waals surface area (Å²) in [7, 11) is 2.11. The highest BCUT2D eigenvalue weighted by Gasteiger charge is 2.10. The molecule has 0 unspecified atom stereocenters. The van der Waals surface area contributed by atoms with E-state index in [-0.39, 0.29) is 0 Å². The maximum absolute atomic E-state index is 6.19. The van der Waals surface area contributed by atoms with Gasteiger partial charge in [0.05, 0.1) is 10.7 Å². The van der Waals surface area contributed by atoms with Gasteiger partial charge in [-0.25, -0.2) is 0 Å². The van der Waals surface area contributed by atoms with Gasteiger partial charge in [0, 0.05) is 39.8 Å². The zero-order valence-electron chi connectivity index (χ0n) is 11.0. The first-order chi connectivity index (χ1) is 8.77. The smallest absolute Gasteiger partial charge is 0.0639 e. The van der Waals surface area contributed by atoms with E-state index in [1.54, 1.807) is 0 Å². The highest BCUT2D eigenvalue weighted by molar-refractivity contribution is 6.33. The van der Waals surface area contributed by atoms with Crippen molar-refractivity contribution in [2.24, 2.45) is 0 Å². The minimum absolute atomic E-state index is 0.835. The Morgan fingerprint density at radius 3 is 2.72 bits per heavy atom. The van der Waals surface area contributed by atoms with Crippen LogP contribution in [0.25, 0.3) is 0 Å². The van der Waals surface area contributed by atoms with E-state index in [9.17, 15) is 0 Å². The minimum Gasteiger partial charge on any atom is -0.373 e. The highest BCUT2D eigenvalue weighted by Crippen LogP contribution is 2.23. The second-order valence-electron chi connectivity index (χ2n) is 4.82. The molecule has 1 aromatic carbocycles. The maximum atomic E-state index is 6.19. The first-order valence-electron chi connectivity index (χ1n) is 6.66. The van der Waals surface area contributed by atoms with E-state index in [1.807, 2.05) is 18.2 Å². The van der Waals surface area contributed by atoms with Gasteiger partial charge in [-0.2, -0.15) is 0 Å². The third-order valence-corrected chi connectivity index (χ3v) is 3.76. The molecule has 0 aliphatic carbocycles. The molecule has 0 atom stereocenters. The molecule has 1 aromatic rings. The summed E-state index contributed by atoms with van der Waals surface area (Å²) in [4.78, 5) is 4.77. The summed E-state index contributed by atoms with van der Waals surface area (Å²) in [5.41, 5.74) is 1.12. The van der Waals surface area contributed by atoms with Gasteiger partial charge in [-0.1, -0.05) is 23.7 Å². The van der Waals surface area contributed by atoms with Crippen molar-refractivity contribution in [1.29, 1.82) is 0 Å². The number of anilines is 1. The quantitative estimate of drug-likeness (QED) is 0.881. The zero-order chi connectivity index (χ0) is 12.8. The molecule has 0 amide bonds. The molecule has 0 aromatic heterocycles. The lowest BCUT2D eigenvalue weighted by molar-refractivity contribution is 0.239. The van der Waals surface area contributed by atoms with Crippen LogP contribution in [-0.2, 0) is 0 Å². The number of rotatable bonds is 5. The molecule has 1 heterocycles. The van der Waals surface area contributed by atoms with E-state index < -0.39 is 0 Å². The fourth-order valence-electron chi connectivity index (χ4n) is 2.35. The summed E-state index contributed by atoms with van der Waals surface area (Å²) in [6, 6.07) is 8.03. The second-order valence-corrected chi connectivity index (χ2v) is 5.23. The molecule has 4 heteroatoms. The van der Waals surface area contributed by atoms with Crippen LogP contribution >= 0.6 is 11.6 Å². The lowest BCUT2D eigenvalue weighted by Crippen LogP contribution is -2.44. The van der Waals surface area contributed by atoms with Gasteiger partial charge in [-0.15, -0.1) is 0 Å². The Labute approximate surface area is 115 Å². The fourth-order valence-corrected chi connectivity index (χ4v) is 2.63. The highest BCUT2D eigenvalue weighted by atomic mass is 35.5. The van der Waals surface area contributed by atoms with Crippen LogP contribution in [-0.4, -0.2) is 51.2 Å². The van der Waals surface area contributed by atoms with Crippen LogP contribution in [0.4, 0.5) is 5.69 Å². The zero-order valence-corrected chi connectivity index (χ0v) is 11.8. The van der Waals surface area contributed by atoms with Crippen molar-refractivity contribution in [1.82, 2.24) is 10.2 Å². The van der Waals surface area contributed by atoms with Crippen molar-refractivity contribution in [2.45, 2.75) is 6.42 Å². The van der Waals surface area contributed by atoms with Crippen molar-refractivity contribution >= 4 is 17.3 Å². The summed E-state index contributed by atoms with van der Waals surface area (Å²) in [5, 5.41) is 4.21. The average molecular weight is 268 g/mol. The van der Waals surface area contributed by atoms with Crippen LogP contribution < -0.4 is 10.2 Å². The van der Waals surface area contributed by atoms with Crippen molar-refractivity contribution < 1.29 is 0 Å². The molecule has 1 fully saturated rings. The van der Waals surface area contributed by atoms with Crippen LogP contribution in [0.3, 0.4) is 0 Å². The number of nitrogens with zero attached hydrogens (tertiary/aromatic N) is 2. The third-order valence-electron chi connectivity index (χ3n) is 3.44. The first-order valence-corrected chi connectivity index (χ1v) is 7.04. The van der Waals surface area contributed by atoms with Crippen molar-refractivity contribution in [2.75, 3.05) is 51.2 Å². The van der Waals surface area contributed by atoms with E-state index >= 15 is 0 Å². The van der Waals surface area contributed by atoms with E-state index in [0.29, 0.717) is 0 Å². The largest absolute Gasteiger partial charge is 0.373 e. The summed E-state index contributed by atoms with van der Waals surface area (Å²) in [5.74, 6) is 0.